The molecule has 0 spiro atoms. The molecular weight excluding hydrogens is 306 g/mol. The second-order valence-electron chi connectivity index (χ2n) is 5.43. The van der Waals surface area contributed by atoms with Gasteiger partial charge in [-0.2, -0.15) is 5.10 Å². The molecule has 0 aromatic carbocycles. The van der Waals surface area contributed by atoms with Gasteiger partial charge in [-0.05, 0) is 48.7 Å². The van der Waals surface area contributed by atoms with E-state index in [-0.39, 0.29) is 5.54 Å². The third kappa shape index (κ3) is 2.77. The van der Waals surface area contributed by atoms with Crippen molar-refractivity contribution < 1.29 is 4.79 Å². The first-order valence-electron chi connectivity index (χ1n) is 6.96. The van der Waals surface area contributed by atoms with E-state index in [1.165, 1.54) is 0 Å². The maximum Gasteiger partial charge on any atom is 0.158 e. The largest absolute Gasteiger partial charge is 0.305 e. The highest BCUT2D eigenvalue weighted by molar-refractivity contribution is 9.10. The van der Waals surface area contributed by atoms with Crippen molar-refractivity contribution in [2.24, 2.45) is 7.05 Å². The van der Waals surface area contributed by atoms with Crippen molar-refractivity contribution in [1.29, 1.82) is 0 Å². The number of carbonyl (C=O) groups is 1. The molecule has 1 fully saturated rings. The molecule has 1 N–H and O–H groups in total. The van der Waals surface area contributed by atoms with Gasteiger partial charge in [0.05, 0.1) is 27.8 Å². The molecule has 19 heavy (non-hydrogen) atoms. The molecule has 1 atom stereocenters. The van der Waals surface area contributed by atoms with Crippen LogP contribution in [0.2, 0.25) is 0 Å². The van der Waals surface area contributed by atoms with Crippen LogP contribution in [0, 0.1) is 6.92 Å². The van der Waals surface area contributed by atoms with Gasteiger partial charge in [-0.3, -0.25) is 9.48 Å². The summed E-state index contributed by atoms with van der Waals surface area (Å²) in [5.74, 6) is 0.301. The quantitative estimate of drug-likeness (QED) is 0.903. The normalized spacial score (nSPS) is 22.9. The van der Waals surface area contributed by atoms with Crippen LogP contribution in [-0.4, -0.2) is 27.6 Å². The summed E-state index contributed by atoms with van der Waals surface area (Å²) >= 11 is 3.54. The predicted molar refractivity (Wildman–Crippen MR) is 79.2 cm³/mol. The number of nitrogens with zero attached hydrogens (tertiary/aromatic N) is 2. The van der Waals surface area contributed by atoms with Gasteiger partial charge in [0.2, 0.25) is 0 Å². The molecule has 1 unspecified atom stereocenters. The number of carbonyl (C=O) groups excluding carboxylic acids is 1. The monoisotopic (exact) mass is 327 g/mol. The summed E-state index contributed by atoms with van der Waals surface area (Å²) in [5, 5.41) is 7.80. The summed E-state index contributed by atoms with van der Waals surface area (Å²) in [6.45, 7) is 5.05. The molecule has 1 aliphatic heterocycles. The van der Waals surface area contributed by atoms with E-state index < -0.39 is 0 Å². The Kier molecular flexibility index (Phi) is 4.46. The van der Waals surface area contributed by atoms with Gasteiger partial charge in [0.1, 0.15) is 0 Å². The zero-order chi connectivity index (χ0) is 14.0. The Bertz CT molecular complexity index is 475. The van der Waals surface area contributed by atoms with E-state index in [0.29, 0.717) is 12.2 Å². The molecule has 0 radical (unpaired) electrons. The van der Waals surface area contributed by atoms with Gasteiger partial charge in [0.25, 0.3) is 0 Å². The predicted octanol–water partition coefficient (Wildman–Crippen LogP) is 2.52. The third-order valence-electron chi connectivity index (χ3n) is 4.04. The number of hydrogen-bond donors (Lipinski definition) is 1. The highest BCUT2D eigenvalue weighted by Gasteiger charge is 2.39. The number of ketones is 1. The standard InChI is InChI=1S/C14H22BrN3O/c1-4-6-14(7-5-8-16-14)12(19)9-11-13(15)10(2)17-18(11)3/h16H,4-9H2,1-3H3. The minimum Gasteiger partial charge on any atom is -0.305 e. The average molecular weight is 328 g/mol. The number of Topliss-reactive ketones (excluding diaryl/α,β-unsaturated/α-hetero) is 1. The highest BCUT2D eigenvalue weighted by Crippen LogP contribution is 2.29. The van der Waals surface area contributed by atoms with Crippen LogP contribution < -0.4 is 5.32 Å². The van der Waals surface area contributed by atoms with Crippen LogP contribution in [0.15, 0.2) is 4.47 Å². The SMILES string of the molecule is CCCC1(C(=O)Cc2c(Br)c(C)nn2C)CCCN1. The van der Waals surface area contributed by atoms with E-state index in [9.17, 15) is 4.79 Å². The molecular formula is C14H22BrN3O. The van der Waals surface area contributed by atoms with Crippen LogP contribution in [0.4, 0.5) is 0 Å². The zero-order valence-electron chi connectivity index (χ0n) is 11.9. The maximum atomic E-state index is 12.7. The Hall–Kier alpha value is -0.680. The van der Waals surface area contributed by atoms with Crippen LogP contribution >= 0.6 is 15.9 Å². The number of rotatable bonds is 5. The first kappa shape index (κ1) is 14.7. The molecule has 0 aliphatic carbocycles. The van der Waals surface area contributed by atoms with Gasteiger partial charge in [-0.25, -0.2) is 0 Å². The Morgan fingerprint density at radius 3 is 2.79 bits per heavy atom. The first-order chi connectivity index (χ1) is 9.00. The second-order valence-corrected chi connectivity index (χ2v) is 6.23. The van der Waals surface area contributed by atoms with E-state index in [1.807, 2.05) is 18.7 Å². The van der Waals surface area contributed by atoms with Crippen molar-refractivity contribution in [3.63, 3.8) is 0 Å². The van der Waals surface area contributed by atoms with Gasteiger partial charge in [-0.15, -0.1) is 0 Å². The van der Waals surface area contributed by atoms with Gasteiger partial charge in [-0.1, -0.05) is 13.3 Å². The van der Waals surface area contributed by atoms with E-state index >= 15 is 0 Å². The van der Waals surface area contributed by atoms with Crippen molar-refractivity contribution in [3.05, 3.63) is 15.9 Å². The Morgan fingerprint density at radius 2 is 2.32 bits per heavy atom. The van der Waals surface area contributed by atoms with E-state index in [4.69, 9.17) is 0 Å². The lowest BCUT2D eigenvalue weighted by atomic mass is 9.85. The molecule has 0 saturated carbocycles. The number of nitrogens with one attached hydrogen (secondary N) is 1. The third-order valence-corrected chi connectivity index (χ3v) is 5.08. The molecule has 2 rings (SSSR count). The summed E-state index contributed by atoms with van der Waals surface area (Å²) in [5.41, 5.74) is 1.62. The first-order valence-corrected chi connectivity index (χ1v) is 7.76. The van der Waals surface area contributed by atoms with Gasteiger partial charge >= 0.3 is 0 Å². The molecule has 1 aromatic heterocycles. The maximum absolute atomic E-state index is 12.7. The van der Waals surface area contributed by atoms with Crippen LogP contribution in [0.3, 0.4) is 0 Å². The van der Waals surface area contributed by atoms with Crippen molar-refractivity contribution in [2.45, 2.75) is 51.5 Å². The summed E-state index contributed by atoms with van der Waals surface area (Å²) in [6, 6.07) is 0. The van der Waals surface area contributed by atoms with E-state index in [0.717, 1.165) is 48.1 Å². The highest BCUT2D eigenvalue weighted by atomic mass is 79.9. The molecule has 1 aromatic rings. The summed E-state index contributed by atoms with van der Waals surface area (Å²) in [4.78, 5) is 12.7. The second kappa shape index (κ2) is 5.75. The van der Waals surface area contributed by atoms with Crippen LogP contribution in [0.5, 0.6) is 0 Å². The Morgan fingerprint density at radius 1 is 1.58 bits per heavy atom. The molecule has 0 amide bonds. The van der Waals surface area contributed by atoms with Gasteiger partial charge < -0.3 is 5.32 Å². The lowest BCUT2D eigenvalue weighted by Gasteiger charge is -2.27. The molecule has 5 heteroatoms. The average Bonchev–Trinajstić information content (AvgIpc) is 2.92. The van der Waals surface area contributed by atoms with Gasteiger partial charge in [0.15, 0.2) is 5.78 Å². The summed E-state index contributed by atoms with van der Waals surface area (Å²) in [7, 11) is 1.90. The molecule has 1 aliphatic rings. The molecule has 4 nitrogen and oxygen atoms in total. The van der Waals surface area contributed by atoms with Crippen molar-refractivity contribution >= 4 is 21.7 Å². The number of halogens is 1. The molecule has 0 bridgehead atoms. The minimum atomic E-state index is -0.299. The Labute approximate surface area is 123 Å². The van der Waals surface area contributed by atoms with Gasteiger partial charge in [0, 0.05) is 7.05 Å². The number of aromatic nitrogens is 2. The van der Waals surface area contributed by atoms with Crippen LogP contribution in [-0.2, 0) is 18.3 Å². The number of hydrogen-bond acceptors (Lipinski definition) is 3. The fourth-order valence-corrected chi connectivity index (χ4v) is 3.49. The van der Waals surface area contributed by atoms with Crippen molar-refractivity contribution in [1.82, 2.24) is 15.1 Å². The fraction of sp³-hybridized carbons (Fsp3) is 0.714. The molecule has 106 valence electrons. The van der Waals surface area contributed by atoms with Crippen LogP contribution in [0.25, 0.3) is 0 Å². The fourth-order valence-electron chi connectivity index (χ4n) is 3.02. The Balaban J connectivity index is 2.20. The smallest absolute Gasteiger partial charge is 0.158 e. The van der Waals surface area contributed by atoms with E-state index in [2.05, 4.69) is 33.3 Å². The molecule has 1 saturated heterocycles. The van der Waals surface area contributed by atoms with Crippen molar-refractivity contribution in [3.8, 4) is 0 Å². The van der Waals surface area contributed by atoms with Crippen molar-refractivity contribution in [2.75, 3.05) is 6.54 Å². The summed E-state index contributed by atoms with van der Waals surface area (Å²) in [6.07, 6.45) is 4.47. The minimum absolute atomic E-state index is 0.299. The molecule has 2 heterocycles. The lowest BCUT2D eigenvalue weighted by Crippen LogP contribution is -2.48. The van der Waals surface area contributed by atoms with E-state index in [1.54, 1.807) is 0 Å². The zero-order valence-corrected chi connectivity index (χ0v) is 13.5. The topological polar surface area (TPSA) is 46.9 Å². The number of aryl methyl sites for hydroxylation is 2. The van der Waals surface area contributed by atoms with Crippen LogP contribution in [0.1, 0.15) is 44.0 Å². The summed E-state index contributed by atoms with van der Waals surface area (Å²) < 4.78 is 2.78. The lowest BCUT2D eigenvalue weighted by molar-refractivity contribution is -0.124.